The highest BCUT2D eigenvalue weighted by molar-refractivity contribution is 6.23. The average molecular weight is 741 g/mol. The molecule has 0 spiro atoms. The van der Waals surface area contributed by atoms with Crippen LogP contribution in [0.1, 0.15) is 11.1 Å². The molecule has 6 heteroatoms. The molecule has 9 aromatic carbocycles. The predicted molar refractivity (Wildman–Crippen MR) is 227 cm³/mol. The average Bonchev–Trinajstić information content (AvgIpc) is 3.83. The number of rotatable bonds is 4. The molecule has 57 heavy (non-hydrogen) atoms. The summed E-state index contributed by atoms with van der Waals surface area (Å²) in [5, 5.41) is 58.9. The molecule has 6 nitrogen and oxygen atoms in total. The van der Waals surface area contributed by atoms with E-state index in [4.69, 9.17) is 4.42 Å². The van der Waals surface area contributed by atoms with Gasteiger partial charge in [-0.3, -0.25) is 0 Å². The summed E-state index contributed by atoms with van der Waals surface area (Å²) in [6.07, 6.45) is 0.845. The van der Waals surface area contributed by atoms with Crippen molar-refractivity contribution in [3.05, 3.63) is 163 Å². The van der Waals surface area contributed by atoms with Gasteiger partial charge in [0.1, 0.15) is 11.2 Å². The summed E-state index contributed by atoms with van der Waals surface area (Å²) >= 11 is 0. The van der Waals surface area contributed by atoms with Crippen molar-refractivity contribution in [1.82, 2.24) is 0 Å². The van der Waals surface area contributed by atoms with Gasteiger partial charge < -0.3 is 29.9 Å². The SMILES string of the molecule is Oc1c(O)c(O)c(-c2c3ccccc3c(-c3cccc(-c4c(-c5cccc6c5Cc5ccccc5-6)ccc5oc6ccccc6c45)c3)c3ccccc23)c(O)c1O. The van der Waals surface area contributed by atoms with Gasteiger partial charge in [0.25, 0.3) is 0 Å². The van der Waals surface area contributed by atoms with Crippen molar-refractivity contribution in [3.8, 4) is 84.4 Å². The molecule has 0 unspecified atom stereocenters. The Morgan fingerprint density at radius 1 is 0.351 bits per heavy atom. The van der Waals surface area contributed by atoms with E-state index in [0.717, 1.165) is 66.9 Å². The van der Waals surface area contributed by atoms with Gasteiger partial charge in [0.05, 0.1) is 5.56 Å². The van der Waals surface area contributed by atoms with Gasteiger partial charge in [0.2, 0.25) is 17.2 Å². The molecule has 10 aromatic rings. The van der Waals surface area contributed by atoms with Crippen molar-refractivity contribution in [3.63, 3.8) is 0 Å². The molecule has 0 amide bonds. The fourth-order valence-corrected chi connectivity index (χ4v) is 9.21. The van der Waals surface area contributed by atoms with Crippen LogP contribution in [0.4, 0.5) is 0 Å². The molecule has 0 radical (unpaired) electrons. The van der Waals surface area contributed by atoms with Gasteiger partial charge in [-0.1, -0.05) is 127 Å². The first-order valence-corrected chi connectivity index (χ1v) is 18.8. The molecule has 1 aromatic heterocycles. The molecule has 0 saturated carbocycles. The van der Waals surface area contributed by atoms with E-state index in [9.17, 15) is 25.5 Å². The normalized spacial score (nSPS) is 12.1. The van der Waals surface area contributed by atoms with Gasteiger partial charge in [-0.05, 0) is 102 Å². The Kier molecular flexibility index (Phi) is 6.97. The lowest BCUT2D eigenvalue weighted by molar-refractivity contribution is 0.330. The van der Waals surface area contributed by atoms with Crippen LogP contribution in [0.5, 0.6) is 28.7 Å². The number of phenols is 5. The maximum Gasteiger partial charge on any atom is 0.208 e. The van der Waals surface area contributed by atoms with E-state index in [1.165, 1.54) is 27.8 Å². The first-order valence-electron chi connectivity index (χ1n) is 18.8. The summed E-state index contributed by atoms with van der Waals surface area (Å²) in [6.45, 7) is 0. The van der Waals surface area contributed by atoms with E-state index in [-0.39, 0.29) is 5.56 Å². The van der Waals surface area contributed by atoms with E-state index >= 15 is 0 Å². The molecule has 5 N–H and O–H groups in total. The maximum atomic E-state index is 11.2. The van der Waals surface area contributed by atoms with E-state index in [0.29, 0.717) is 16.3 Å². The van der Waals surface area contributed by atoms with E-state index < -0.39 is 28.7 Å². The molecular formula is C51H32O6. The first-order chi connectivity index (χ1) is 27.9. The molecule has 11 rings (SSSR count). The fourth-order valence-electron chi connectivity index (χ4n) is 9.21. The summed E-state index contributed by atoms with van der Waals surface area (Å²) in [5.41, 5.74) is 13.2. The molecule has 0 atom stereocenters. The van der Waals surface area contributed by atoms with Gasteiger partial charge in [0, 0.05) is 21.9 Å². The minimum Gasteiger partial charge on any atom is -0.504 e. The Balaban J connectivity index is 1.20. The molecule has 0 aliphatic heterocycles. The highest BCUT2D eigenvalue weighted by atomic mass is 16.4. The second kappa shape index (κ2) is 12.2. The predicted octanol–water partition coefficient (Wildman–Crippen LogP) is 12.7. The van der Waals surface area contributed by atoms with Crippen LogP contribution in [0.3, 0.4) is 0 Å². The number of furan rings is 1. The van der Waals surface area contributed by atoms with Crippen molar-refractivity contribution in [2.75, 3.05) is 0 Å². The van der Waals surface area contributed by atoms with Crippen LogP contribution >= 0.6 is 0 Å². The van der Waals surface area contributed by atoms with Crippen molar-refractivity contribution < 1.29 is 29.9 Å². The third-order valence-electron chi connectivity index (χ3n) is 11.7. The number of benzene rings is 9. The van der Waals surface area contributed by atoms with Crippen molar-refractivity contribution >= 4 is 43.5 Å². The summed E-state index contributed by atoms with van der Waals surface area (Å²) < 4.78 is 6.49. The third-order valence-corrected chi connectivity index (χ3v) is 11.7. The molecule has 272 valence electrons. The fraction of sp³-hybridized carbons (Fsp3) is 0.0196. The number of phenolic OH excluding ortho intramolecular Hbond substituents is 5. The lowest BCUT2D eigenvalue weighted by Gasteiger charge is -2.20. The Hall–Kier alpha value is -7.70. The van der Waals surface area contributed by atoms with Crippen LogP contribution in [0, 0.1) is 0 Å². The second-order valence-corrected chi connectivity index (χ2v) is 14.7. The Morgan fingerprint density at radius 2 is 0.860 bits per heavy atom. The highest BCUT2D eigenvalue weighted by Gasteiger charge is 2.29. The van der Waals surface area contributed by atoms with Gasteiger partial charge in [-0.25, -0.2) is 0 Å². The summed E-state index contributed by atoms with van der Waals surface area (Å²) in [6, 6.07) is 51.5. The molecule has 1 aliphatic carbocycles. The van der Waals surface area contributed by atoms with Crippen molar-refractivity contribution in [2.24, 2.45) is 0 Å². The Labute approximate surface area is 326 Å². The molecule has 0 bridgehead atoms. The molecule has 1 heterocycles. The largest absolute Gasteiger partial charge is 0.504 e. The molecule has 0 saturated heterocycles. The minimum atomic E-state index is -0.999. The lowest BCUT2D eigenvalue weighted by Crippen LogP contribution is -1.94. The first kappa shape index (κ1) is 32.7. The van der Waals surface area contributed by atoms with Gasteiger partial charge >= 0.3 is 0 Å². The monoisotopic (exact) mass is 740 g/mol. The van der Waals surface area contributed by atoms with Gasteiger partial charge in [-0.15, -0.1) is 0 Å². The van der Waals surface area contributed by atoms with Crippen LogP contribution < -0.4 is 0 Å². The Morgan fingerprint density at radius 3 is 1.54 bits per heavy atom. The number of fused-ring (bicyclic) bond motifs is 8. The number of hydrogen-bond donors (Lipinski definition) is 5. The van der Waals surface area contributed by atoms with E-state index in [2.05, 4.69) is 84.9 Å². The van der Waals surface area contributed by atoms with E-state index in [1.807, 2.05) is 66.7 Å². The second-order valence-electron chi connectivity index (χ2n) is 14.7. The maximum absolute atomic E-state index is 11.2. The summed E-state index contributed by atoms with van der Waals surface area (Å²) in [7, 11) is 0. The minimum absolute atomic E-state index is 0.184. The zero-order valence-corrected chi connectivity index (χ0v) is 30.3. The third kappa shape index (κ3) is 4.65. The topological polar surface area (TPSA) is 114 Å². The van der Waals surface area contributed by atoms with Crippen molar-refractivity contribution in [2.45, 2.75) is 6.42 Å². The Bertz CT molecular complexity index is 3250. The zero-order chi connectivity index (χ0) is 38.5. The van der Waals surface area contributed by atoms with Gasteiger partial charge in [-0.2, -0.15) is 0 Å². The smallest absolute Gasteiger partial charge is 0.208 e. The highest BCUT2D eigenvalue weighted by Crippen LogP contribution is 2.58. The van der Waals surface area contributed by atoms with Crippen molar-refractivity contribution in [1.29, 1.82) is 0 Å². The van der Waals surface area contributed by atoms with Crippen LogP contribution in [0.25, 0.3) is 99.1 Å². The number of hydrogen-bond acceptors (Lipinski definition) is 6. The van der Waals surface area contributed by atoms with Crippen LogP contribution in [-0.2, 0) is 6.42 Å². The van der Waals surface area contributed by atoms with Crippen LogP contribution in [-0.4, -0.2) is 25.5 Å². The van der Waals surface area contributed by atoms with Crippen LogP contribution in [0.15, 0.2) is 156 Å². The quantitative estimate of drug-likeness (QED) is 0.0697. The van der Waals surface area contributed by atoms with E-state index in [1.54, 1.807) is 0 Å². The molecular weight excluding hydrogens is 709 g/mol. The van der Waals surface area contributed by atoms with Gasteiger partial charge in [0.15, 0.2) is 11.5 Å². The number of aromatic hydroxyl groups is 5. The molecule has 1 aliphatic rings. The number of para-hydroxylation sites is 1. The van der Waals surface area contributed by atoms with Crippen LogP contribution in [0.2, 0.25) is 0 Å². The lowest BCUT2D eigenvalue weighted by atomic mass is 9.83. The molecule has 0 fully saturated rings. The zero-order valence-electron chi connectivity index (χ0n) is 30.3. The summed E-state index contributed by atoms with van der Waals surface area (Å²) in [4.78, 5) is 0. The standard InChI is InChI=1S/C51H32O6/c52-47-46(48(53)50(55)51(56)49(47)54)44-35-17-5-3-15-33(35)42(34-16-4-6-18-36(34)44)28-12-9-13-29(25-28)43-37(23-24-41-45(43)38-19-7-8-22-40(38)57-41)32-21-10-20-31-30-14-2-1-11-27(30)26-39(31)32/h1-25,52-56H,26H2. The summed E-state index contributed by atoms with van der Waals surface area (Å²) in [5.74, 6) is -4.32.